The summed E-state index contributed by atoms with van der Waals surface area (Å²) in [6.45, 7) is 0. The molecule has 120 valence electrons. The van der Waals surface area contributed by atoms with Crippen molar-refractivity contribution in [3.63, 3.8) is 0 Å². The van der Waals surface area contributed by atoms with E-state index < -0.39 is 5.25 Å². The minimum Gasteiger partial charge on any atom is -0.325 e. The molecule has 0 saturated heterocycles. The third kappa shape index (κ3) is 4.24. The van der Waals surface area contributed by atoms with Crippen LogP contribution in [0.5, 0.6) is 0 Å². The highest BCUT2D eigenvalue weighted by Gasteiger charge is 2.22. The molecule has 0 aliphatic carbocycles. The van der Waals surface area contributed by atoms with Gasteiger partial charge in [-0.3, -0.25) is 4.79 Å². The number of thioether (sulfide) groups is 1. The fraction of sp³-hybridized carbons (Fsp3) is 0.0500. The number of anilines is 1. The Morgan fingerprint density at radius 2 is 1.54 bits per heavy atom. The molecular formula is C20H16FNOS. The minimum absolute atomic E-state index is 0.180. The highest BCUT2D eigenvalue weighted by Crippen LogP contribution is 2.36. The van der Waals surface area contributed by atoms with E-state index >= 15 is 0 Å². The number of benzene rings is 3. The van der Waals surface area contributed by atoms with Gasteiger partial charge in [-0.15, -0.1) is 11.8 Å². The molecule has 0 heterocycles. The maximum Gasteiger partial charge on any atom is 0.242 e. The molecule has 2 nitrogen and oxygen atoms in total. The molecule has 0 aliphatic rings. The van der Waals surface area contributed by atoms with Crippen LogP contribution in [0.2, 0.25) is 0 Å². The van der Waals surface area contributed by atoms with Crippen LogP contribution in [0.25, 0.3) is 0 Å². The lowest BCUT2D eigenvalue weighted by atomic mass is 10.1. The first-order valence-corrected chi connectivity index (χ1v) is 8.43. The average molecular weight is 337 g/mol. The Balaban J connectivity index is 1.85. The molecule has 0 aliphatic heterocycles. The van der Waals surface area contributed by atoms with E-state index in [9.17, 15) is 9.18 Å². The van der Waals surface area contributed by atoms with Crippen molar-refractivity contribution in [2.24, 2.45) is 0 Å². The van der Waals surface area contributed by atoms with E-state index in [0.717, 1.165) is 10.5 Å². The summed E-state index contributed by atoms with van der Waals surface area (Å²) >= 11 is 1.47. The monoisotopic (exact) mass is 337 g/mol. The molecule has 0 bridgehead atoms. The summed E-state index contributed by atoms with van der Waals surface area (Å²) in [4.78, 5) is 13.8. The van der Waals surface area contributed by atoms with Crippen molar-refractivity contribution in [3.8, 4) is 0 Å². The van der Waals surface area contributed by atoms with E-state index in [1.165, 1.54) is 23.9 Å². The number of halogens is 1. The molecule has 3 rings (SSSR count). The Hall–Kier alpha value is -2.59. The summed E-state index contributed by atoms with van der Waals surface area (Å²) in [5, 5.41) is 2.38. The van der Waals surface area contributed by atoms with Gasteiger partial charge < -0.3 is 5.32 Å². The zero-order valence-corrected chi connectivity index (χ0v) is 13.7. The standard InChI is InChI=1S/C20H16FNOS/c21-16-10-7-11-17(14-16)22-20(23)19(15-8-3-1-4-9-15)24-18-12-5-2-6-13-18/h1-14,19H,(H,22,23)/t19-/m1/s1. The van der Waals surface area contributed by atoms with Crippen molar-refractivity contribution in [1.82, 2.24) is 0 Å². The van der Waals surface area contributed by atoms with Gasteiger partial charge in [-0.25, -0.2) is 4.39 Å². The first-order chi connectivity index (χ1) is 11.7. The molecule has 0 spiro atoms. The molecule has 4 heteroatoms. The van der Waals surface area contributed by atoms with Crippen LogP contribution in [-0.4, -0.2) is 5.91 Å². The van der Waals surface area contributed by atoms with Crippen LogP contribution in [-0.2, 0) is 4.79 Å². The van der Waals surface area contributed by atoms with Crippen molar-refractivity contribution in [1.29, 1.82) is 0 Å². The number of amides is 1. The van der Waals surface area contributed by atoms with Crippen molar-refractivity contribution in [2.75, 3.05) is 5.32 Å². The second-order valence-electron chi connectivity index (χ2n) is 5.22. The maximum absolute atomic E-state index is 13.3. The predicted octanol–water partition coefficient (Wildman–Crippen LogP) is 5.30. The van der Waals surface area contributed by atoms with E-state index in [4.69, 9.17) is 0 Å². The molecule has 3 aromatic rings. The summed E-state index contributed by atoms with van der Waals surface area (Å²) in [5.74, 6) is -0.555. The van der Waals surface area contributed by atoms with Crippen LogP contribution in [0.1, 0.15) is 10.8 Å². The Morgan fingerprint density at radius 1 is 0.875 bits per heavy atom. The lowest BCUT2D eigenvalue weighted by Crippen LogP contribution is -2.19. The molecule has 0 aromatic heterocycles. The molecule has 0 radical (unpaired) electrons. The molecule has 1 amide bonds. The second-order valence-corrected chi connectivity index (χ2v) is 6.40. The van der Waals surface area contributed by atoms with Gasteiger partial charge >= 0.3 is 0 Å². The number of nitrogens with one attached hydrogen (secondary N) is 1. The van der Waals surface area contributed by atoms with E-state index in [1.807, 2.05) is 60.7 Å². The molecule has 0 saturated carbocycles. The second kappa shape index (κ2) is 7.79. The number of hydrogen-bond donors (Lipinski definition) is 1. The summed E-state index contributed by atoms with van der Waals surface area (Å²) in [6.07, 6.45) is 0. The van der Waals surface area contributed by atoms with E-state index in [1.54, 1.807) is 12.1 Å². The van der Waals surface area contributed by atoms with Crippen molar-refractivity contribution in [2.45, 2.75) is 10.1 Å². The van der Waals surface area contributed by atoms with Crippen LogP contribution in [0.15, 0.2) is 89.8 Å². The molecular weight excluding hydrogens is 321 g/mol. The zero-order valence-electron chi connectivity index (χ0n) is 12.9. The zero-order chi connectivity index (χ0) is 16.8. The van der Waals surface area contributed by atoms with Crippen LogP contribution in [0.4, 0.5) is 10.1 Å². The maximum atomic E-state index is 13.3. The topological polar surface area (TPSA) is 29.1 Å². The van der Waals surface area contributed by atoms with Crippen LogP contribution >= 0.6 is 11.8 Å². The molecule has 1 atom stereocenters. The predicted molar refractivity (Wildman–Crippen MR) is 96.5 cm³/mol. The van der Waals surface area contributed by atoms with Gasteiger partial charge in [-0.05, 0) is 35.9 Å². The lowest BCUT2D eigenvalue weighted by molar-refractivity contribution is -0.115. The number of carbonyl (C=O) groups excluding carboxylic acids is 1. The largest absolute Gasteiger partial charge is 0.325 e. The fourth-order valence-electron chi connectivity index (χ4n) is 2.31. The fourth-order valence-corrected chi connectivity index (χ4v) is 3.36. The Kier molecular flexibility index (Phi) is 5.29. The first-order valence-electron chi connectivity index (χ1n) is 7.55. The van der Waals surface area contributed by atoms with Crippen LogP contribution in [0.3, 0.4) is 0 Å². The molecule has 3 aromatic carbocycles. The van der Waals surface area contributed by atoms with Gasteiger partial charge in [-0.1, -0.05) is 54.6 Å². The Labute approximate surface area is 144 Å². The van der Waals surface area contributed by atoms with Crippen molar-refractivity contribution < 1.29 is 9.18 Å². The van der Waals surface area contributed by atoms with Gasteiger partial charge in [0.1, 0.15) is 11.1 Å². The summed E-state index contributed by atoms with van der Waals surface area (Å²) in [6, 6.07) is 25.2. The third-order valence-corrected chi connectivity index (χ3v) is 4.70. The number of hydrogen-bond acceptors (Lipinski definition) is 2. The highest BCUT2D eigenvalue weighted by atomic mass is 32.2. The Bertz CT molecular complexity index is 808. The summed E-state index contributed by atoms with van der Waals surface area (Å²) in [5.41, 5.74) is 1.36. The van der Waals surface area contributed by atoms with Gasteiger partial charge in [0.15, 0.2) is 0 Å². The molecule has 0 fully saturated rings. The lowest BCUT2D eigenvalue weighted by Gasteiger charge is -2.17. The minimum atomic E-state index is -0.420. The SMILES string of the molecule is O=C(Nc1cccc(F)c1)[C@H](Sc1ccccc1)c1ccccc1. The third-order valence-electron chi connectivity index (χ3n) is 3.43. The van der Waals surface area contributed by atoms with Crippen molar-refractivity contribution in [3.05, 3.63) is 96.3 Å². The number of rotatable bonds is 5. The highest BCUT2D eigenvalue weighted by molar-refractivity contribution is 8.00. The molecule has 1 N–H and O–H groups in total. The van der Waals surface area contributed by atoms with E-state index in [2.05, 4.69) is 5.32 Å². The summed E-state index contributed by atoms with van der Waals surface area (Å²) in [7, 11) is 0. The summed E-state index contributed by atoms with van der Waals surface area (Å²) < 4.78 is 13.3. The van der Waals surface area contributed by atoms with Gasteiger partial charge in [0, 0.05) is 10.6 Å². The van der Waals surface area contributed by atoms with Gasteiger partial charge in [-0.2, -0.15) is 0 Å². The normalized spacial score (nSPS) is 11.7. The smallest absolute Gasteiger partial charge is 0.242 e. The molecule has 0 unspecified atom stereocenters. The Morgan fingerprint density at radius 3 is 2.21 bits per heavy atom. The van der Waals surface area contributed by atoms with Crippen LogP contribution < -0.4 is 5.32 Å². The number of carbonyl (C=O) groups is 1. The van der Waals surface area contributed by atoms with Gasteiger partial charge in [0.25, 0.3) is 0 Å². The van der Waals surface area contributed by atoms with Crippen LogP contribution in [0, 0.1) is 5.82 Å². The van der Waals surface area contributed by atoms with E-state index in [-0.39, 0.29) is 11.7 Å². The van der Waals surface area contributed by atoms with E-state index in [0.29, 0.717) is 5.69 Å². The average Bonchev–Trinajstić information content (AvgIpc) is 2.61. The molecule has 24 heavy (non-hydrogen) atoms. The first kappa shape index (κ1) is 16.3. The van der Waals surface area contributed by atoms with Crippen molar-refractivity contribution >= 4 is 23.4 Å². The van der Waals surface area contributed by atoms with Gasteiger partial charge in [0.05, 0.1) is 0 Å². The quantitative estimate of drug-likeness (QED) is 0.640. The van der Waals surface area contributed by atoms with Gasteiger partial charge in [0.2, 0.25) is 5.91 Å².